The largest absolute Gasteiger partial charge is 0.385 e. The maximum Gasteiger partial charge on any atom is 0.226 e. The van der Waals surface area contributed by atoms with Crippen LogP contribution in [0.1, 0.15) is 18.4 Å². The second-order valence-electron chi connectivity index (χ2n) is 4.24. The fourth-order valence-electron chi connectivity index (χ4n) is 1.60. The Morgan fingerprint density at radius 3 is 2.85 bits per heavy atom. The number of hydrogen-bond donors (Lipinski definition) is 2. The summed E-state index contributed by atoms with van der Waals surface area (Å²) in [6, 6.07) is 7.50. The second-order valence-corrected chi connectivity index (χ2v) is 5.06. The van der Waals surface area contributed by atoms with Crippen LogP contribution >= 0.6 is 23.8 Å². The van der Waals surface area contributed by atoms with E-state index >= 15 is 0 Å². The minimum atomic E-state index is -0.117. The fraction of sp³-hybridized carbons (Fsp3) is 0.429. The molecule has 1 aromatic rings. The normalized spacial score (nSPS) is 10.1. The molecule has 6 heteroatoms. The van der Waals surface area contributed by atoms with E-state index in [4.69, 9.17) is 28.6 Å². The molecule has 2 N–H and O–H groups in total. The standard InChI is InChI=1S/C14H19ClN2O2S/c1-19-10-4-9-16-14(20)17-13(18)8-7-11-5-2-3-6-12(11)15/h2-3,5-6H,4,7-10H2,1H3,(H2,16,17,18,20). The number of halogens is 1. The van der Waals surface area contributed by atoms with E-state index in [1.54, 1.807) is 7.11 Å². The maximum atomic E-state index is 11.7. The first-order valence-electron chi connectivity index (χ1n) is 6.43. The molecule has 0 fully saturated rings. The van der Waals surface area contributed by atoms with Crippen molar-refractivity contribution in [2.45, 2.75) is 19.3 Å². The molecule has 1 aromatic carbocycles. The minimum absolute atomic E-state index is 0.117. The van der Waals surface area contributed by atoms with E-state index in [1.807, 2.05) is 24.3 Å². The van der Waals surface area contributed by atoms with E-state index in [0.717, 1.165) is 12.0 Å². The zero-order chi connectivity index (χ0) is 14.8. The van der Waals surface area contributed by atoms with Crippen LogP contribution in [0.2, 0.25) is 5.02 Å². The summed E-state index contributed by atoms with van der Waals surface area (Å²) in [6.45, 7) is 1.34. The van der Waals surface area contributed by atoms with Gasteiger partial charge in [-0.15, -0.1) is 0 Å². The van der Waals surface area contributed by atoms with Gasteiger partial charge in [-0.3, -0.25) is 4.79 Å². The van der Waals surface area contributed by atoms with Gasteiger partial charge in [-0.25, -0.2) is 0 Å². The van der Waals surface area contributed by atoms with Crippen molar-refractivity contribution < 1.29 is 9.53 Å². The number of nitrogens with one attached hydrogen (secondary N) is 2. The lowest BCUT2D eigenvalue weighted by molar-refractivity contribution is -0.119. The molecule has 4 nitrogen and oxygen atoms in total. The highest BCUT2D eigenvalue weighted by atomic mass is 35.5. The van der Waals surface area contributed by atoms with Crippen molar-refractivity contribution in [1.29, 1.82) is 0 Å². The van der Waals surface area contributed by atoms with Gasteiger partial charge in [0.2, 0.25) is 5.91 Å². The summed E-state index contributed by atoms with van der Waals surface area (Å²) < 4.78 is 4.92. The predicted octanol–water partition coefficient (Wildman–Crippen LogP) is 2.30. The molecule has 0 aliphatic carbocycles. The smallest absolute Gasteiger partial charge is 0.226 e. The summed E-state index contributed by atoms with van der Waals surface area (Å²) in [5, 5.41) is 6.63. The van der Waals surface area contributed by atoms with Gasteiger partial charge in [0.15, 0.2) is 5.11 Å². The number of rotatable bonds is 7. The molecule has 1 amide bonds. The van der Waals surface area contributed by atoms with Crippen LogP contribution in [0.15, 0.2) is 24.3 Å². The zero-order valence-electron chi connectivity index (χ0n) is 11.4. The van der Waals surface area contributed by atoms with Gasteiger partial charge in [-0.1, -0.05) is 29.8 Å². The van der Waals surface area contributed by atoms with Gasteiger partial charge in [-0.05, 0) is 36.7 Å². The summed E-state index contributed by atoms with van der Waals surface area (Å²) >= 11 is 11.1. The number of carbonyl (C=O) groups excluding carboxylic acids is 1. The van der Waals surface area contributed by atoms with Crippen LogP contribution in [0.3, 0.4) is 0 Å². The van der Waals surface area contributed by atoms with E-state index in [9.17, 15) is 4.79 Å². The number of benzene rings is 1. The Balaban J connectivity index is 2.23. The van der Waals surface area contributed by atoms with Crippen LogP contribution in [0.4, 0.5) is 0 Å². The summed E-state index contributed by atoms with van der Waals surface area (Å²) in [5.41, 5.74) is 0.961. The minimum Gasteiger partial charge on any atom is -0.385 e. The van der Waals surface area contributed by atoms with Crippen molar-refractivity contribution in [3.63, 3.8) is 0 Å². The molecule has 0 saturated carbocycles. The zero-order valence-corrected chi connectivity index (χ0v) is 13.0. The lowest BCUT2D eigenvalue weighted by Gasteiger charge is -2.09. The summed E-state index contributed by atoms with van der Waals surface area (Å²) in [4.78, 5) is 11.7. The molecule has 0 aliphatic heterocycles. The van der Waals surface area contributed by atoms with E-state index in [2.05, 4.69) is 10.6 Å². The molecule has 110 valence electrons. The van der Waals surface area contributed by atoms with Gasteiger partial charge in [0.05, 0.1) is 0 Å². The van der Waals surface area contributed by atoms with Crippen molar-refractivity contribution in [3.8, 4) is 0 Å². The Kier molecular flexibility index (Phi) is 8.18. The molecule has 20 heavy (non-hydrogen) atoms. The molecule has 0 aliphatic rings. The Morgan fingerprint density at radius 2 is 2.15 bits per heavy atom. The SMILES string of the molecule is COCCCNC(=S)NC(=O)CCc1ccccc1Cl. The van der Waals surface area contributed by atoms with Crippen molar-refractivity contribution in [1.82, 2.24) is 10.6 Å². The first-order valence-corrected chi connectivity index (χ1v) is 7.22. The van der Waals surface area contributed by atoms with Crippen LogP contribution in [-0.2, 0) is 16.0 Å². The van der Waals surface area contributed by atoms with Crippen LogP contribution in [-0.4, -0.2) is 31.3 Å². The number of ether oxygens (including phenoxy) is 1. The molecular weight excluding hydrogens is 296 g/mol. The quantitative estimate of drug-likeness (QED) is 0.599. The van der Waals surface area contributed by atoms with Crippen LogP contribution in [0.5, 0.6) is 0 Å². The molecule has 1 rings (SSSR count). The maximum absolute atomic E-state index is 11.7. The average Bonchev–Trinajstić information content (AvgIpc) is 2.43. The van der Waals surface area contributed by atoms with Gasteiger partial charge in [0, 0.05) is 31.7 Å². The first-order chi connectivity index (χ1) is 9.63. The van der Waals surface area contributed by atoms with Gasteiger partial charge < -0.3 is 15.4 Å². The molecule has 0 radical (unpaired) electrons. The Hall–Kier alpha value is -1.17. The van der Waals surface area contributed by atoms with Gasteiger partial charge >= 0.3 is 0 Å². The molecule has 0 spiro atoms. The Bertz CT molecular complexity index is 455. The number of thiocarbonyl (C=S) groups is 1. The van der Waals surface area contributed by atoms with Crippen LogP contribution in [0.25, 0.3) is 0 Å². The number of hydrogen-bond acceptors (Lipinski definition) is 3. The lowest BCUT2D eigenvalue weighted by Crippen LogP contribution is -2.39. The Labute approximate surface area is 129 Å². The van der Waals surface area contributed by atoms with E-state index in [0.29, 0.717) is 36.1 Å². The van der Waals surface area contributed by atoms with Crippen molar-refractivity contribution >= 4 is 34.8 Å². The van der Waals surface area contributed by atoms with Crippen molar-refractivity contribution in [2.24, 2.45) is 0 Å². The van der Waals surface area contributed by atoms with E-state index in [1.165, 1.54) is 0 Å². The molecule has 0 atom stereocenters. The third-order valence-electron chi connectivity index (χ3n) is 2.64. The van der Waals surface area contributed by atoms with Crippen LogP contribution < -0.4 is 10.6 Å². The molecule has 0 heterocycles. The van der Waals surface area contributed by atoms with E-state index < -0.39 is 0 Å². The van der Waals surface area contributed by atoms with Crippen LogP contribution in [0, 0.1) is 0 Å². The Morgan fingerprint density at radius 1 is 1.40 bits per heavy atom. The third kappa shape index (κ3) is 6.84. The summed E-state index contributed by atoms with van der Waals surface area (Å²) in [6.07, 6.45) is 1.79. The van der Waals surface area contributed by atoms with Gasteiger partial charge in [0.25, 0.3) is 0 Å². The molecule has 0 bridgehead atoms. The summed E-state index contributed by atoms with van der Waals surface area (Å²) in [5.74, 6) is -0.117. The number of methoxy groups -OCH3 is 1. The molecular formula is C14H19ClN2O2S. The molecule has 0 saturated heterocycles. The third-order valence-corrected chi connectivity index (χ3v) is 3.26. The van der Waals surface area contributed by atoms with Gasteiger partial charge in [0.1, 0.15) is 0 Å². The number of amides is 1. The van der Waals surface area contributed by atoms with E-state index in [-0.39, 0.29) is 5.91 Å². The monoisotopic (exact) mass is 314 g/mol. The average molecular weight is 315 g/mol. The van der Waals surface area contributed by atoms with Crippen molar-refractivity contribution in [2.75, 3.05) is 20.3 Å². The molecule has 0 unspecified atom stereocenters. The number of aryl methyl sites for hydroxylation is 1. The fourth-order valence-corrected chi connectivity index (χ4v) is 2.05. The lowest BCUT2D eigenvalue weighted by atomic mass is 10.1. The highest BCUT2D eigenvalue weighted by Crippen LogP contribution is 2.16. The second kappa shape index (κ2) is 9.69. The predicted molar refractivity (Wildman–Crippen MR) is 85.0 cm³/mol. The highest BCUT2D eigenvalue weighted by molar-refractivity contribution is 7.80. The van der Waals surface area contributed by atoms with Gasteiger partial charge in [-0.2, -0.15) is 0 Å². The number of carbonyl (C=O) groups is 1. The highest BCUT2D eigenvalue weighted by Gasteiger charge is 2.06. The topological polar surface area (TPSA) is 50.4 Å². The van der Waals surface area contributed by atoms with Crippen molar-refractivity contribution in [3.05, 3.63) is 34.9 Å². The molecule has 0 aromatic heterocycles. The first kappa shape index (κ1) is 16.9. The summed E-state index contributed by atoms with van der Waals surface area (Å²) in [7, 11) is 1.65.